The summed E-state index contributed by atoms with van der Waals surface area (Å²) in [5.41, 5.74) is 0.645. The zero-order valence-electron chi connectivity index (χ0n) is 10.1. The first-order chi connectivity index (χ1) is 7.92. The number of benzene rings is 1. The summed E-state index contributed by atoms with van der Waals surface area (Å²) in [5.74, 6) is -3.67. The van der Waals surface area contributed by atoms with Crippen molar-refractivity contribution in [1.82, 2.24) is 0 Å². The van der Waals surface area contributed by atoms with Crippen LogP contribution in [0.2, 0.25) is 0 Å². The van der Waals surface area contributed by atoms with E-state index in [0.29, 0.717) is 5.56 Å². The van der Waals surface area contributed by atoms with E-state index in [2.05, 4.69) is 0 Å². The van der Waals surface area contributed by atoms with Gasteiger partial charge in [0.15, 0.2) is 5.78 Å². The lowest BCUT2D eigenvalue weighted by atomic mass is 10.0. The number of carbonyl (C=O) groups excluding carboxylic acids is 1. The fourth-order valence-corrected chi connectivity index (χ4v) is 1.90. The average molecular weight is 236 g/mol. The van der Waals surface area contributed by atoms with E-state index in [0.717, 1.165) is 0 Å². The van der Waals surface area contributed by atoms with Crippen LogP contribution in [0.25, 0.3) is 0 Å². The van der Waals surface area contributed by atoms with E-state index in [4.69, 9.17) is 9.47 Å². The molecule has 0 aromatic heterocycles. The Morgan fingerprint density at radius 1 is 1.35 bits per heavy atom. The number of epoxide rings is 1. The smallest absolute Gasteiger partial charge is 0.290 e. The van der Waals surface area contributed by atoms with Crippen molar-refractivity contribution >= 4 is 5.78 Å². The summed E-state index contributed by atoms with van der Waals surface area (Å²) < 4.78 is 10.9. The van der Waals surface area contributed by atoms with Crippen molar-refractivity contribution in [3.05, 3.63) is 35.9 Å². The summed E-state index contributed by atoms with van der Waals surface area (Å²) in [6.45, 7) is 4.94. The molecule has 0 radical (unpaired) electrons. The number of hydrogen-bond acceptors (Lipinski definition) is 4. The highest BCUT2D eigenvalue weighted by atomic mass is 16.9. The number of ether oxygens (including phenoxy) is 2. The van der Waals surface area contributed by atoms with Gasteiger partial charge in [-0.2, -0.15) is 0 Å². The molecule has 1 aliphatic rings. The number of aliphatic hydroxyl groups is 1. The monoisotopic (exact) mass is 236 g/mol. The van der Waals surface area contributed by atoms with Crippen LogP contribution < -0.4 is 0 Å². The maximum absolute atomic E-state index is 11.4. The Morgan fingerprint density at radius 3 is 2.35 bits per heavy atom. The van der Waals surface area contributed by atoms with Crippen LogP contribution in [0.4, 0.5) is 0 Å². The van der Waals surface area contributed by atoms with Crippen LogP contribution in [0.1, 0.15) is 26.3 Å². The quantitative estimate of drug-likeness (QED) is 0.806. The van der Waals surface area contributed by atoms with Gasteiger partial charge >= 0.3 is 0 Å². The molecule has 0 bridgehead atoms. The van der Waals surface area contributed by atoms with Crippen molar-refractivity contribution in [2.45, 2.75) is 38.4 Å². The molecule has 17 heavy (non-hydrogen) atoms. The van der Waals surface area contributed by atoms with Gasteiger partial charge in [-0.3, -0.25) is 9.53 Å². The van der Waals surface area contributed by atoms with Crippen molar-refractivity contribution in [3.8, 4) is 0 Å². The number of ketones is 1. The first-order valence-electron chi connectivity index (χ1n) is 5.59. The van der Waals surface area contributed by atoms with Crippen molar-refractivity contribution in [1.29, 1.82) is 0 Å². The molecule has 1 aliphatic heterocycles. The Morgan fingerprint density at radius 2 is 1.94 bits per heavy atom. The Hall–Kier alpha value is -1.23. The van der Waals surface area contributed by atoms with E-state index in [-0.39, 0.29) is 6.10 Å². The normalized spacial score (nSPS) is 31.6. The van der Waals surface area contributed by atoms with Crippen molar-refractivity contribution in [2.24, 2.45) is 0 Å². The van der Waals surface area contributed by atoms with E-state index < -0.39 is 17.4 Å². The van der Waals surface area contributed by atoms with Gasteiger partial charge in [0.25, 0.3) is 11.6 Å². The molecule has 0 amide bonds. The molecule has 4 heteroatoms. The van der Waals surface area contributed by atoms with Gasteiger partial charge in [0, 0.05) is 12.5 Å². The Kier molecular flexibility index (Phi) is 2.81. The maximum atomic E-state index is 11.4. The van der Waals surface area contributed by atoms with Crippen LogP contribution >= 0.6 is 0 Å². The Labute approximate surface area is 100 Å². The highest BCUT2D eigenvalue weighted by Crippen LogP contribution is 2.56. The SMILES string of the molecule is CC(=O)C1(O)OC1(OC(C)C)c1ccccc1. The number of hydrogen-bond donors (Lipinski definition) is 1. The van der Waals surface area contributed by atoms with E-state index in [1.807, 2.05) is 32.0 Å². The second kappa shape index (κ2) is 3.91. The number of Topliss-reactive ketones (excluding diaryl/α,β-unsaturated/α-hetero) is 1. The molecule has 1 aromatic rings. The van der Waals surface area contributed by atoms with E-state index >= 15 is 0 Å². The minimum absolute atomic E-state index is 0.163. The molecule has 1 aromatic carbocycles. The van der Waals surface area contributed by atoms with Crippen LogP contribution in [-0.2, 0) is 20.1 Å². The van der Waals surface area contributed by atoms with Crippen LogP contribution in [0, 0.1) is 0 Å². The molecule has 0 spiro atoms. The predicted molar refractivity (Wildman–Crippen MR) is 61.1 cm³/mol. The van der Waals surface area contributed by atoms with Gasteiger partial charge in [-0.15, -0.1) is 0 Å². The minimum Gasteiger partial charge on any atom is -0.355 e. The summed E-state index contributed by atoms with van der Waals surface area (Å²) >= 11 is 0. The Balaban J connectivity index is 2.39. The molecular formula is C13H16O4. The fraction of sp³-hybridized carbons (Fsp3) is 0.462. The molecule has 0 aliphatic carbocycles. The zero-order valence-corrected chi connectivity index (χ0v) is 10.1. The third-order valence-corrected chi connectivity index (χ3v) is 2.73. The first-order valence-corrected chi connectivity index (χ1v) is 5.59. The standard InChI is InChI=1S/C13H16O4/c1-9(2)16-13(11-7-5-4-6-8-11)12(15,17-13)10(3)14/h4-9,15H,1-3H3. The molecule has 0 saturated carbocycles. The van der Waals surface area contributed by atoms with Crippen molar-refractivity contribution < 1.29 is 19.4 Å². The van der Waals surface area contributed by atoms with Gasteiger partial charge in [-0.05, 0) is 13.8 Å². The van der Waals surface area contributed by atoms with Crippen LogP contribution in [-0.4, -0.2) is 22.8 Å². The lowest BCUT2D eigenvalue weighted by Gasteiger charge is -2.18. The van der Waals surface area contributed by atoms with Crippen molar-refractivity contribution in [2.75, 3.05) is 0 Å². The highest BCUT2D eigenvalue weighted by molar-refractivity contribution is 5.87. The summed E-state index contributed by atoms with van der Waals surface area (Å²) in [6.07, 6.45) is -0.163. The molecule has 4 nitrogen and oxygen atoms in total. The minimum atomic E-state index is -1.86. The van der Waals surface area contributed by atoms with Gasteiger partial charge < -0.3 is 9.84 Å². The summed E-state index contributed by atoms with van der Waals surface area (Å²) in [7, 11) is 0. The van der Waals surface area contributed by atoms with Gasteiger partial charge in [-0.1, -0.05) is 30.3 Å². The van der Waals surface area contributed by atoms with Crippen LogP contribution in [0.3, 0.4) is 0 Å². The van der Waals surface area contributed by atoms with Gasteiger partial charge in [0.05, 0.1) is 6.10 Å². The van der Waals surface area contributed by atoms with E-state index in [1.165, 1.54) is 6.92 Å². The zero-order chi connectivity index (χ0) is 12.7. The summed E-state index contributed by atoms with van der Waals surface area (Å²) in [5, 5.41) is 10.1. The number of rotatable bonds is 4. The van der Waals surface area contributed by atoms with Gasteiger partial charge in [0.1, 0.15) is 0 Å². The highest BCUT2D eigenvalue weighted by Gasteiger charge is 2.76. The molecule has 1 heterocycles. The van der Waals surface area contributed by atoms with E-state index in [9.17, 15) is 9.90 Å². The summed E-state index contributed by atoms with van der Waals surface area (Å²) in [6, 6.07) is 9.00. The molecule has 2 rings (SSSR count). The Bertz CT molecular complexity index is 428. The van der Waals surface area contributed by atoms with Gasteiger partial charge in [-0.25, -0.2) is 0 Å². The molecule has 1 fully saturated rings. The first kappa shape index (κ1) is 12.2. The summed E-state index contributed by atoms with van der Waals surface area (Å²) in [4.78, 5) is 11.4. The predicted octanol–water partition coefficient (Wildman–Crippen LogP) is 1.57. The second-order valence-corrected chi connectivity index (χ2v) is 4.45. The third-order valence-electron chi connectivity index (χ3n) is 2.73. The molecule has 1 N–H and O–H groups in total. The molecule has 1 saturated heterocycles. The number of carbonyl (C=O) groups is 1. The maximum Gasteiger partial charge on any atom is 0.290 e. The fourth-order valence-electron chi connectivity index (χ4n) is 1.90. The van der Waals surface area contributed by atoms with E-state index in [1.54, 1.807) is 12.1 Å². The molecular weight excluding hydrogens is 220 g/mol. The lowest BCUT2D eigenvalue weighted by Crippen LogP contribution is -2.34. The lowest BCUT2D eigenvalue weighted by molar-refractivity contribution is -0.137. The van der Waals surface area contributed by atoms with Crippen LogP contribution in [0.5, 0.6) is 0 Å². The van der Waals surface area contributed by atoms with Crippen molar-refractivity contribution in [3.63, 3.8) is 0 Å². The molecule has 2 atom stereocenters. The molecule has 92 valence electrons. The average Bonchev–Trinajstić information content (AvgIpc) is 2.87. The largest absolute Gasteiger partial charge is 0.355 e. The van der Waals surface area contributed by atoms with Gasteiger partial charge in [0.2, 0.25) is 0 Å². The topological polar surface area (TPSA) is 59.1 Å². The molecule has 2 unspecified atom stereocenters. The second-order valence-electron chi connectivity index (χ2n) is 4.45. The van der Waals surface area contributed by atoms with Crippen LogP contribution in [0.15, 0.2) is 30.3 Å². The third kappa shape index (κ3) is 1.78.